The minimum Gasteiger partial charge on any atom is -0.508 e. The second kappa shape index (κ2) is 7.81. The summed E-state index contributed by atoms with van der Waals surface area (Å²) in [6.45, 7) is 3.49. The third-order valence-electron chi connectivity index (χ3n) is 1.16. The topological polar surface area (TPSA) is 40.5 Å². The van der Waals surface area contributed by atoms with Gasteiger partial charge in [-0.3, -0.25) is 0 Å². The van der Waals surface area contributed by atoms with Crippen molar-refractivity contribution in [3.63, 3.8) is 0 Å². The fraction of sp³-hybridized carbons (Fsp3) is 0. The molecule has 0 saturated heterocycles. The summed E-state index contributed by atoms with van der Waals surface area (Å²) in [5.41, 5.74) is 0.706. The molecule has 0 heterocycles. The van der Waals surface area contributed by atoms with Crippen LogP contribution in [-0.2, 0) is 0 Å². The van der Waals surface area contributed by atoms with Crippen molar-refractivity contribution in [3.05, 3.63) is 30.3 Å². The third-order valence-corrected chi connectivity index (χ3v) is 1.16. The minimum absolute atomic E-state index is 0. The van der Waals surface area contributed by atoms with Crippen LogP contribution in [0.25, 0.3) is 6.08 Å². The summed E-state index contributed by atoms with van der Waals surface area (Å²) in [6, 6.07) is 4.31. The molecule has 12 heavy (non-hydrogen) atoms. The predicted octanol–water partition coefficient (Wildman–Crippen LogP) is 1.74. The Bertz CT molecular complexity index is 241. The molecule has 0 aliphatic rings. The van der Waals surface area contributed by atoms with Gasteiger partial charge in [0.05, 0.1) is 0 Å². The van der Waals surface area contributed by atoms with Crippen molar-refractivity contribution in [1.82, 2.24) is 0 Å². The van der Waals surface area contributed by atoms with Crippen LogP contribution >= 0.6 is 0 Å². The van der Waals surface area contributed by atoms with Gasteiger partial charge in [-0.25, -0.2) is 0 Å². The van der Waals surface area contributed by atoms with Gasteiger partial charge in [-0.2, -0.15) is 0 Å². The summed E-state index contributed by atoms with van der Waals surface area (Å²) in [5.74, 6) is 0.102. The quantitative estimate of drug-likeness (QED) is 0.524. The van der Waals surface area contributed by atoms with E-state index in [0.29, 0.717) is 5.56 Å². The maximum absolute atomic E-state index is 8.92. The molecule has 0 aliphatic heterocycles. The molecule has 2 nitrogen and oxygen atoms in total. The molecule has 2 radical (unpaired) electrons. The molecule has 58 valence electrons. The first-order valence-electron chi connectivity index (χ1n) is 2.88. The number of phenolic OH excluding ortho intramolecular Hbond substituents is 2. The van der Waals surface area contributed by atoms with Crippen LogP contribution in [0.3, 0.4) is 0 Å². The Morgan fingerprint density at radius 1 is 1.00 bits per heavy atom. The van der Waals surface area contributed by atoms with Gasteiger partial charge in [-0.15, -0.1) is 0 Å². The zero-order chi connectivity index (χ0) is 7.56. The van der Waals surface area contributed by atoms with E-state index in [9.17, 15) is 0 Å². The Morgan fingerprint density at radius 2 is 1.42 bits per heavy atom. The average molecular weight is 590 g/mol. The molecule has 0 fully saturated rings. The first-order valence-corrected chi connectivity index (χ1v) is 2.88. The molecule has 0 spiro atoms. The van der Waals surface area contributed by atoms with E-state index < -0.39 is 0 Å². The molecule has 4 heteroatoms. The normalized spacial score (nSPS) is 7.67. The van der Waals surface area contributed by atoms with Gasteiger partial charge in [0.2, 0.25) is 0 Å². The molecule has 0 aromatic heterocycles. The zero-order valence-corrected chi connectivity index (χ0v) is 16.1. The summed E-state index contributed by atoms with van der Waals surface area (Å²) in [4.78, 5) is 0. The monoisotopic (exact) mass is 590 g/mol. The van der Waals surface area contributed by atoms with Gasteiger partial charge in [-0.05, 0) is 17.7 Å². The van der Waals surface area contributed by atoms with E-state index in [4.69, 9.17) is 10.2 Å². The molecule has 0 aliphatic carbocycles. The molecule has 1 aromatic rings. The van der Waals surface area contributed by atoms with E-state index in [1.165, 1.54) is 18.2 Å². The zero-order valence-electron chi connectivity index (χ0n) is 6.57. The van der Waals surface area contributed by atoms with Gasteiger partial charge in [-0.1, -0.05) is 12.7 Å². The standard InChI is InChI=1S/C8H8O2.2Ac/c1-2-6-3-7(9)5-8(10)4-6;;/h2-5,9-10H,1H2;;. The average Bonchev–Trinajstić information content (AvgIpc) is 1.85. The van der Waals surface area contributed by atoms with Crippen LogP contribution in [0.4, 0.5) is 0 Å². The molecule has 0 saturated carbocycles. The van der Waals surface area contributed by atoms with Gasteiger partial charge in [0.15, 0.2) is 0 Å². The van der Waals surface area contributed by atoms with Crippen molar-refractivity contribution in [2.45, 2.75) is 0 Å². The van der Waals surface area contributed by atoms with E-state index >= 15 is 0 Å². The Labute approximate surface area is 143 Å². The van der Waals surface area contributed by atoms with E-state index in [1.807, 2.05) is 0 Å². The molecule has 1 rings (SSSR count). The Balaban J connectivity index is 0. The summed E-state index contributed by atoms with van der Waals surface area (Å²) in [6.07, 6.45) is 1.56. The number of rotatable bonds is 1. The fourth-order valence-electron chi connectivity index (χ4n) is 0.736. The Kier molecular flexibility index (Phi) is 10.3. The van der Waals surface area contributed by atoms with Crippen LogP contribution in [0.15, 0.2) is 24.8 Å². The molecule has 0 bridgehead atoms. The van der Waals surface area contributed by atoms with Crippen LogP contribution in [0.2, 0.25) is 0 Å². The molecule has 2 N–H and O–H groups in total. The smallest absolute Gasteiger partial charge is 0.119 e. The minimum atomic E-state index is 0. The maximum Gasteiger partial charge on any atom is 0.119 e. The van der Waals surface area contributed by atoms with Crippen molar-refractivity contribution in [1.29, 1.82) is 0 Å². The Morgan fingerprint density at radius 3 is 1.75 bits per heavy atom. The molecule has 0 atom stereocenters. The molecule has 1 aromatic carbocycles. The van der Waals surface area contributed by atoms with Crippen LogP contribution in [0, 0.1) is 88.1 Å². The van der Waals surface area contributed by atoms with Crippen molar-refractivity contribution in [3.8, 4) is 11.5 Å². The largest absolute Gasteiger partial charge is 0.508 e. The van der Waals surface area contributed by atoms with Gasteiger partial charge < -0.3 is 10.2 Å². The van der Waals surface area contributed by atoms with Gasteiger partial charge >= 0.3 is 0 Å². The first kappa shape index (κ1) is 15.9. The van der Waals surface area contributed by atoms with Crippen molar-refractivity contribution in [2.24, 2.45) is 0 Å². The first-order chi connectivity index (χ1) is 4.72. The summed E-state index contributed by atoms with van der Waals surface area (Å²) < 4.78 is 0. The van der Waals surface area contributed by atoms with E-state index in [0.717, 1.165) is 0 Å². The SMILES string of the molecule is C=Cc1cc(O)cc(O)c1.[Ac].[Ac]. The van der Waals surface area contributed by atoms with Gasteiger partial charge in [0.25, 0.3) is 0 Å². The molecular formula is C8H8Ac2O2. The van der Waals surface area contributed by atoms with Gasteiger partial charge in [0.1, 0.15) is 11.5 Å². The van der Waals surface area contributed by atoms with E-state index in [2.05, 4.69) is 6.58 Å². The number of hydrogen-bond donors (Lipinski definition) is 2. The summed E-state index contributed by atoms with van der Waals surface area (Å²) >= 11 is 0. The maximum atomic E-state index is 8.92. The second-order valence-corrected chi connectivity index (χ2v) is 1.99. The van der Waals surface area contributed by atoms with Crippen molar-refractivity contribution < 1.29 is 98.3 Å². The number of aromatic hydroxyl groups is 2. The second-order valence-electron chi connectivity index (χ2n) is 1.99. The van der Waals surface area contributed by atoms with Crippen LogP contribution in [0.1, 0.15) is 5.56 Å². The third kappa shape index (κ3) is 5.23. The van der Waals surface area contributed by atoms with Crippen molar-refractivity contribution >= 4 is 6.08 Å². The van der Waals surface area contributed by atoms with E-state index in [1.54, 1.807) is 6.08 Å². The van der Waals surface area contributed by atoms with Gasteiger partial charge in [0, 0.05) is 94.2 Å². The summed E-state index contributed by atoms with van der Waals surface area (Å²) in [7, 11) is 0. The van der Waals surface area contributed by atoms with Crippen LogP contribution in [0.5, 0.6) is 11.5 Å². The number of benzene rings is 1. The van der Waals surface area contributed by atoms with E-state index in [-0.39, 0.29) is 99.6 Å². The molecular weight excluding hydrogens is 582 g/mol. The number of phenols is 2. The number of hydrogen-bond acceptors (Lipinski definition) is 2. The Hall–Kier alpha value is 1.44. The summed E-state index contributed by atoms with van der Waals surface area (Å²) in [5, 5.41) is 17.8. The predicted molar refractivity (Wildman–Crippen MR) is 39.9 cm³/mol. The molecule has 0 unspecified atom stereocenters. The van der Waals surface area contributed by atoms with Crippen LogP contribution in [-0.4, -0.2) is 10.2 Å². The van der Waals surface area contributed by atoms with Crippen LogP contribution < -0.4 is 0 Å². The van der Waals surface area contributed by atoms with Crippen molar-refractivity contribution in [2.75, 3.05) is 0 Å². The fourth-order valence-corrected chi connectivity index (χ4v) is 0.736. The molecule has 0 amide bonds.